The van der Waals surface area contributed by atoms with Crippen LogP contribution in [0.3, 0.4) is 0 Å². The Balaban J connectivity index is 1.92. The van der Waals surface area contributed by atoms with E-state index in [1.165, 1.54) is 0 Å². The first kappa shape index (κ1) is 15.8. The van der Waals surface area contributed by atoms with Crippen molar-refractivity contribution in [2.45, 2.75) is 19.9 Å². The number of aliphatic hydroxyl groups is 1. The van der Waals surface area contributed by atoms with Crippen molar-refractivity contribution in [3.05, 3.63) is 28.2 Å². The van der Waals surface area contributed by atoms with Gasteiger partial charge in [-0.25, -0.2) is 0 Å². The number of nitrogens with one attached hydrogen (secondary N) is 1. The lowest BCUT2D eigenvalue weighted by molar-refractivity contribution is -0.134. The van der Waals surface area contributed by atoms with Crippen molar-refractivity contribution in [3.63, 3.8) is 0 Å². The van der Waals surface area contributed by atoms with Crippen LogP contribution in [-0.4, -0.2) is 38.1 Å². The molecular formula is C15H22BrNO3. The van der Waals surface area contributed by atoms with E-state index in [1.54, 1.807) is 0 Å². The Morgan fingerprint density at radius 2 is 2.25 bits per heavy atom. The molecule has 0 saturated carbocycles. The van der Waals surface area contributed by atoms with Gasteiger partial charge in [-0.2, -0.15) is 0 Å². The van der Waals surface area contributed by atoms with Crippen LogP contribution < -0.4 is 10.1 Å². The molecule has 5 heteroatoms. The zero-order valence-corrected chi connectivity index (χ0v) is 13.4. The lowest BCUT2D eigenvalue weighted by Crippen LogP contribution is -2.52. The first-order valence-corrected chi connectivity index (χ1v) is 7.79. The van der Waals surface area contributed by atoms with E-state index in [0.29, 0.717) is 13.2 Å². The van der Waals surface area contributed by atoms with Crippen molar-refractivity contribution in [2.24, 2.45) is 5.41 Å². The van der Waals surface area contributed by atoms with Crippen molar-refractivity contribution >= 4 is 15.9 Å². The summed E-state index contributed by atoms with van der Waals surface area (Å²) in [5, 5.41) is 12.8. The van der Waals surface area contributed by atoms with E-state index in [2.05, 4.69) is 34.2 Å². The van der Waals surface area contributed by atoms with Crippen molar-refractivity contribution in [2.75, 3.05) is 33.0 Å². The van der Waals surface area contributed by atoms with E-state index >= 15 is 0 Å². The molecule has 2 rings (SSSR count). The van der Waals surface area contributed by atoms with Gasteiger partial charge in [0.15, 0.2) is 0 Å². The van der Waals surface area contributed by atoms with Gasteiger partial charge in [-0.15, -0.1) is 0 Å². The van der Waals surface area contributed by atoms with Gasteiger partial charge in [-0.05, 0) is 24.6 Å². The molecule has 1 aromatic rings. The first-order valence-electron chi connectivity index (χ1n) is 7.00. The summed E-state index contributed by atoms with van der Waals surface area (Å²) in [6, 6.07) is 6.05. The number of hydrogen-bond donors (Lipinski definition) is 2. The Morgan fingerprint density at radius 3 is 2.85 bits per heavy atom. The molecule has 0 aliphatic carbocycles. The fraction of sp³-hybridized carbons (Fsp3) is 0.600. The summed E-state index contributed by atoms with van der Waals surface area (Å²) in [6.45, 7) is 5.73. The van der Waals surface area contributed by atoms with Gasteiger partial charge in [0.05, 0.1) is 31.8 Å². The average Bonchev–Trinajstić information content (AvgIpc) is 2.41. The maximum Gasteiger partial charge on any atom is 0.123 e. The van der Waals surface area contributed by atoms with Crippen molar-refractivity contribution in [1.29, 1.82) is 0 Å². The van der Waals surface area contributed by atoms with Crippen LogP contribution in [-0.2, 0) is 11.3 Å². The summed E-state index contributed by atoms with van der Waals surface area (Å²) in [6.07, 6.45) is 0.994. The van der Waals surface area contributed by atoms with Crippen LogP contribution in [0.15, 0.2) is 22.7 Å². The molecule has 0 radical (unpaired) electrons. The number of aliphatic hydroxyl groups excluding tert-OH is 1. The highest BCUT2D eigenvalue weighted by atomic mass is 79.9. The van der Waals surface area contributed by atoms with E-state index in [1.807, 2.05) is 12.1 Å². The second kappa shape index (κ2) is 7.41. The van der Waals surface area contributed by atoms with Gasteiger partial charge in [-0.1, -0.05) is 22.9 Å². The van der Waals surface area contributed by atoms with E-state index in [-0.39, 0.29) is 12.0 Å². The molecule has 0 bridgehead atoms. The smallest absolute Gasteiger partial charge is 0.123 e. The molecule has 112 valence electrons. The fourth-order valence-corrected chi connectivity index (χ4v) is 2.55. The molecule has 20 heavy (non-hydrogen) atoms. The van der Waals surface area contributed by atoms with Crippen molar-refractivity contribution in [3.8, 4) is 5.75 Å². The van der Waals surface area contributed by atoms with Crippen LogP contribution in [0, 0.1) is 5.41 Å². The molecule has 0 amide bonds. The quantitative estimate of drug-likeness (QED) is 0.760. The van der Waals surface area contributed by atoms with Crippen LogP contribution in [0.2, 0.25) is 0 Å². The lowest BCUT2D eigenvalue weighted by Gasteiger charge is -2.40. The molecule has 0 atom stereocenters. The van der Waals surface area contributed by atoms with E-state index < -0.39 is 0 Å². The van der Waals surface area contributed by atoms with Gasteiger partial charge in [0.25, 0.3) is 0 Å². The monoisotopic (exact) mass is 343 g/mol. The molecule has 4 nitrogen and oxygen atoms in total. The molecule has 1 aliphatic heterocycles. The molecule has 1 saturated heterocycles. The average molecular weight is 344 g/mol. The third kappa shape index (κ3) is 3.95. The molecule has 0 spiro atoms. The maximum absolute atomic E-state index is 9.40. The SMILES string of the molecule is CCCOc1ccc(Br)cc1CNCC1(CO)COC1. The summed E-state index contributed by atoms with van der Waals surface area (Å²) >= 11 is 3.49. The highest BCUT2D eigenvalue weighted by Crippen LogP contribution is 2.27. The van der Waals surface area contributed by atoms with Gasteiger partial charge in [-0.3, -0.25) is 0 Å². The van der Waals surface area contributed by atoms with E-state index in [9.17, 15) is 5.11 Å². The van der Waals surface area contributed by atoms with E-state index in [4.69, 9.17) is 9.47 Å². The molecule has 1 heterocycles. The number of rotatable bonds is 8. The summed E-state index contributed by atoms with van der Waals surface area (Å²) < 4.78 is 12.0. The lowest BCUT2D eigenvalue weighted by atomic mass is 9.87. The van der Waals surface area contributed by atoms with Gasteiger partial charge in [0.1, 0.15) is 5.75 Å². The number of halogens is 1. The predicted molar refractivity (Wildman–Crippen MR) is 82.0 cm³/mol. The second-order valence-corrected chi connectivity index (χ2v) is 6.27. The highest BCUT2D eigenvalue weighted by molar-refractivity contribution is 9.10. The standard InChI is InChI=1S/C15H22BrNO3/c1-2-5-20-14-4-3-13(16)6-12(14)7-17-8-15(9-18)10-19-11-15/h3-4,6,17-18H,2,5,7-11H2,1H3. The van der Waals surface area contributed by atoms with Gasteiger partial charge >= 0.3 is 0 Å². The van der Waals surface area contributed by atoms with Crippen molar-refractivity contribution in [1.82, 2.24) is 5.32 Å². The van der Waals surface area contributed by atoms with Gasteiger partial charge in [0, 0.05) is 23.1 Å². The van der Waals surface area contributed by atoms with Crippen LogP contribution >= 0.6 is 15.9 Å². The highest BCUT2D eigenvalue weighted by Gasteiger charge is 2.37. The minimum atomic E-state index is -0.101. The van der Waals surface area contributed by atoms with Crippen LogP contribution in [0.5, 0.6) is 5.75 Å². The third-order valence-corrected chi connectivity index (χ3v) is 3.94. The van der Waals surface area contributed by atoms with Crippen LogP contribution in [0.4, 0.5) is 0 Å². The molecule has 1 fully saturated rings. The summed E-state index contributed by atoms with van der Waals surface area (Å²) in [5.74, 6) is 0.922. The molecular weight excluding hydrogens is 322 g/mol. The minimum Gasteiger partial charge on any atom is -0.493 e. The van der Waals surface area contributed by atoms with Gasteiger partial charge < -0.3 is 19.9 Å². The molecule has 1 aromatic carbocycles. The second-order valence-electron chi connectivity index (χ2n) is 5.35. The van der Waals surface area contributed by atoms with Crippen LogP contribution in [0.1, 0.15) is 18.9 Å². The summed E-state index contributed by atoms with van der Waals surface area (Å²) in [4.78, 5) is 0. The molecule has 0 aromatic heterocycles. The zero-order valence-electron chi connectivity index (χ0n) is 11.8. The number of hydrogen-bond acceptors (Lipinski definition) is 4. The summed E-state index contributed by atoms with van der Waals surface area (Å²) in [5.41, 5.74) is 1.03. The number of benzene rings is 1. The largest absolute Gasteiger partial charge is 0.493 e. The molecule has 1 aliphatic rings. The van der Waals surface area contributed by atoms with E-state index in [0.717, 1.165) is 41.9 Å². The Morgan fingerprint density at radius 1 is 1.45 bits per heavy atom. The summed E-state index contributed by atoms with van der Waals surface area (Å²) in [7, 11) is 0. The zero-order chi connectivity index (χ0) is 14.4. The first-order chi connectivity index (χ1) is 9.69. The number of ether oxygens (including phenoxy) is 2. The molecule has 2 N–H and O–H groups in total. The van der Waals surface area contributed by atoms with Crippen molar-refractivity contribution < 1.29 is 14.6 Å². The normalized spacial score (nSPS) is 16.8. The van der Waals surface area contributed by atoms with Crippen LogP contribution in [0.25, 0.3) is 0 Å². The Bertz CT molecular complexity index is 430. The fourth-order valence-electron chi connectivity index (χ4n) is 2.14. The molecule has 0 unspecified atom stereocenters. The topological polar surface area (TPSA) is 50.7 Å². The predicted octanol–water partition coefficient (Wildman–Crippen LogP) is 2.34. The Labute approximate surface area is 128 Å². The maximum atomic E-state index is 9.40. The third-order valence-electron chi connectivity index (χ3n) is 3.45. The Kier molecular flexibility index (Phi) is 5.84. The Hall–Kier alpha value is -0.620. The minimum absolute atomic E-state index is 0.101. The van der Waals surface area contributed by atoms with Gasteiger partial charge in [0.2, 0.25) is 0 Å².